The van der Waals surface area contributed by atoms with Crippen LogP contribution < -0.4 is 4.31 Å². The zero-order valence-electron chi connectivity index (χ0n) is 8.08. The molecule has 80 valence electrons. The van der Waals surface area contributed by atoms with E-state index in [0.717, 1.165) is 4.31 Å². The van der Waals surface area contributed by atoms with Gasteiger partial charge in [-0.05, 0) is 12.1 Å². The van der Waals surface area contributed by atoms with E-state index in [-0.39, 0.29) is 5.75 Å². The number of aromatic hydroxyl groups is 1. The molecular weight excluding hydrogens is 216 g/mol. The van der Waals surface area contributed by atoms with Crippen molar-refractivity contribution in [2.45, 2.75) is 0 Å². The number of anilines is 1. The molecule has 6 heteroatoms. The zero-order chi connectivity index (χ0) is 11.5. The lowest BCUT2D eigenvalue weighted by Crippen LogP contribution is -2.28. The molecule has 0 radical (unpaired) electrons. The number of phenolic OH excluding ortho intramolecular Hbond substituents is 1. The van der Waals surface area contributed by atoms with Crippen LogP contribution in [0.4, 0.5) is 5.69 Å². The maximum Gasteiger partial charge on any atom is 0.248 e. The summed E-state index contributed by atoms with van der Waals surface area (Å²) >= 11 is 0. The van der Waals surface area contributed by atoms with E-state index in [4.69, 9.17) is 5.26 Å². The Bertz CT molecular complexity index is 490. The van der Waals surface area contributed by atoms with Crippen LogP contribution in [-0.2, 0) is 10.0 Å². The first-order valence-corrected chi connectivity index (χ1v) is 5.71. The normalized spacial score (nSPS) is 10.7. The lowest BCUT2D eigenvalue weighted by Gasteiger charge is -2.17. The van der Waals surface area contributed by atoms with Gasteiger partial charge in [-0.2, -0.15) is 5.26 Å². The van der Waals surface area contributed by atoms with Crippen molar-refractivity contribution >= 4 is 15.7 Å². The van der Waals surface area contributed by atoms with Gasteiger partial charge in [-0.15, -0.1) is 0 Å². The van der Waals surface area contributed by atoms with Crippen molar-refractivity contribution in [1.82, 2.24) is 0 Å². The van der Waals surface area contributed by atoms with Gasteiger partial charge in [-0.25, -0.2) is 8.42 Å². The number of benzene rings is 1. The highest BCUT2D eigenvalue weighted by Crippen LogP contribution is 2.21. The Balaban J connectivity index is 3.06. The van der Waals surface area contributed by atoms with Gasteiger partial charge in [-0.3, -0.25) is 4.31 Å². The van der Waals surface area contributed by atoms with Crippen LogP contribution in [0, 0.1) is 11.3 Å². The molecule has 1 N–H and O–H groups in total. The van der Waals surface area contributed by atoms with Gasteiger partial charge in [0.15, 0.2) is 5.75 Å². The predicted molar refractivity (Wildman–Crippen MR) is 55.9 cm³/mol. The molecule has 1 aromatic rings. The lowest BCUT2D eigenvalue weighted by atomic mass is 10.3. The smallest absolute Gasteiger partial charge is 0.248 e. The molecular formula is C9H10N2O3S. The first kappa shape index (κ1) is 11.3. The average molecular weight is 226 g/mol. The van der Waals surface area contributed by atoms with Crippen LogP contribution in [0.1, 0.15) is 0 Å². The Morgan fingerprint density at radius 1 is 1.53 bits per heavy atom. The van der Waals surface area contributed by atoms with Crippen LogP contribution in [0.15, 0.2) is 24.3 Å². The quantitative estimate of drug-likeness (QED) is 0.821. The van der Waals surface area contributed by atoms with Gasteiger partial charge in [-0.1, -0.05) is 6.07 Å². The van der Waals surface area contributed by atoms with Crippen molar-refractivity contribution in [3.8, 4) is 11.8 Å². The fraction of sp³-hybridized carbons (Fsp3) is 0.222. The molecule has 0 aliphatic carbocycles. The van der Waals surface area contributed by atoms with E-state index >= 15 is 0 Å². The monoisotopic (exact) mass is 226 g/mol. The fourth-order valence-corrected chi connectivity index (χ4v) is 1.82. The van der Waals surface area contributed by atoms with Crippen molar-refractivity contribution < 1.29 is 13.5 Å². The van der Waals surface area contributed by atoms with Crippen LogP contribution in [0.25, 0.3) is 0 Å². The summed E-state index contributed by atoms with van der Waals surface area (Å²) in [7, 11) is -2.28. The molecule has 1 rings (SSSR count). The maximum atomic E-state index is 11.5. The summed E-state index contributed by atoms with van der Waals surface area (Å²) in [6.07, 6.45) is 0. The van der Waals surface area contributed by atoms with E-state index in [9.17, 15) is 13.5 Å². The van der Waals surface area contributed by atoms with Crippen LogP contribution in [-0.4, -0.2) is 26.3 Å². The summed E-state index contributed by atoms with van der Waals surface area (Å²) < 4.78 is 23.9. The second kappa shape index (κ2) is 4.19. The molecule has 0 heterocycles. The number of hydrogen-bond donors (Lipinski definition) is 1. The van der Waals surface area contributed by atoms with E-state index < -0.39 is 15.8 Å². The van der Waals surface area contributed by atoms with E-state index in [2.05, 4.69) is 0 Å². The molecule has 0 unspecified atom stereocenters. The number of sulfonamides is 1. The van der Waals surface area contributed by atoms with Crippen molar-refractivity contribution in [2.24, 2.45) is 0 Å². The zero-order valence-corrected chi connectivity index (χ0v) is 8.90. The summed E-state index contributed by atoms with van der Waals surface area (Å²) in [4.78, 5) is 0. The molecule has 5 nitrogen and oxygen atoms in total. The second-order valence-corrected chi connectivity index (χ2v) is 4.90. The summed E-state index contributed by atoms with van der Waals surface area (Å²) in [5.74, 6) is -0.606. The highest BCUT2D eigenvalue weighted by Gasteiger charge is 2.17. The summed E-state index contributed by atoms with van der Waals surface area (Å²) in [5, 5.41) is 17.5. The molecule has 0 spiro atoms. The third-order valence-corrected chi connectivity index (χ3v) is 3.40. The van der Waals surface area contributed by atoms with Gasteiger partial charge in [0, 0.05) is 13.1 Å². The molecule has 0 aliphatic rings. The van der Waals surface area contributed by atoms with Crippen LogP contribution in [0.3, 0.4) is 0 Å². The van der Waals surface area contributed by atoms with Crippen molar-refractivity contribution in [3.63, 3.8) is 0 Å². The summed E-state index contributed by atoms with van der Waals surface area (Å²) in [6, 6.07) is 7.40. The Morgan fingerprint density at radius 2 is 2.20 bits per heavy atom. The maximum absolute atomic E-state index is 11.5. The second-order valence-electron chi connectivity index (χ2n) is 2.90. The average Bonchev–Trinajstić information content (AvgIpc) is 2.16. The van der Waals surface area contributed by atoms with Gasteiger partial charge < -0.3 is 5.11 Å². The minimum Gasteiger partial charge on any atom is -0.508 e. The molecule has 0 aliphatic heterocycles. The number of hydrogen-bond acceptors (Lipinski definition) is 4. The third-order valence-electron chi connectivity index (χ3n) is 1.86. The van der Waals surface area contributed by atoms with E-state index in [1.807, 2.05) is 0 Å². The molecule has 15 heavy (non-hydrogen) atoms. The number of nitriles is 1. The molecule has 0 bridgehead atoms. The van der Waals surface area contributed by atoms with Gasteiger partial charge in [0.05, 0.1) is 11.8 Å². The third kappa shape index (κ3) is 2.60. The standard InChI is InChI=1S/C9H10N2O3S/c1-11(15(13,14)6-5-10)8-3-2-4-9(12)7-8/h2-4,7,12H,6H2,1H3. The highest BCUT2D eigenvalue weighted by atomic mass is 32.2. The molecule has 0 aromatic heterocycles. The Labute approximate surface area is 88.2 Å². The highest BCUT2D eigenvalue weighted by molar-refractivity contribution is 7.92. The van der Waals surface area contributed by atoms with Crippen LogP contribution >= 0.6 is 0 Å². The molecule has 0 saturated heterocycles. The summed E-state index contributed by atoms with van der Waals surface area (Å²) in [6.45, 7) is 0. The van der Waals surface area contributed by atoms with Crippen molar-refractivity contribution in [1.29, 1.82) is 5.26 Å². The molecule has 0 fully saturated rings. The Kier molecular flexibility index (Phi) is 3.17. The summed E-state index contributed by atoms with van der Waals surface area (Å²) in [5.41, 5.74) is 0.324. The lowest BCUT2D eigenvalue weighted by molar-refractivity contribution is 0.475. The first-order chi connectivity index (χ1) is 6.97. The molecule has 1 aromatic carbocycles. The van der Waals surface area contributed by atoms with E-state index in [1.165, 1.54) is 31.3 Å². The van der Waals surface area contributed by atoms with Crippen molar-refractivity contribution in [3.05, 3.63) is 24.3 Å². The largest absolute Gasteiger partial charge is 0.508 e. The molecule has 0 atom stereocenters. The van der Waals surface area contributed by atoms with Gasteiger partial charge >= 0.3 is 0 Å². The molecule has 0 amide bonds. The van der Waals surface area contributed by atoms with Gasteiger partial charge in [0.1, 0.15) is 5.75 Å². The van der Waals surface area contributed by atoms with Gasteiger partial charge in [0.25, 0.3) is 0 Å². The minimum atomic E-state index is -3.62. The van der Waals surface area contributed by atoms with Crippen LogP contribution in [0.5, 0.6) is 5.75 Å². The number of rotatable bonds is 3. The topological polar surface area (TPSA) is 81.4 Å². The first-order valence-electron chi connectivity index (χ1n) is 4.10. The predicted octanol–water partition coefficient (Wildman–Crippen LogP) is 0.682. The Hall–Kier alpha value is -1.74. The minimum absolute atomic E-state index is 0.0218. The Morgan fingerprint density at radius 3 is 2.73 bits per heavy atom. The van der Waals surface area contributed by atoms with Crippen LogP contribution in [0.2, 0.25) is 0 Å². The van der Waals surface area contributed by atoms with Gasteiger partial charge in [0.2, 0.25) is 10.0 Å². The fourth-order valence-electron chi connectivity index (χ4n) is 1.03. The van der Waals surface area contributed by atoms with Crippen molar-refractivity contribution in [2.75, 3.05) is 17.1 Å². The SMILES string of the molecule is CN(c1cccc(O)c1)S(=O)(=O)CC#N. The van der Waals surface area contributed by atoms with E-state index in [0.29, 0.717) is 5.69 Å². The molecule has 0 saturated carbocycles. The number of nitrogens with zero attached hydrogens (tertiary/aromatic N) is 2. The number of phenols is 1. The van der Waals surface area contributed by atoms with E-state index in [1.54, 1.807) is 6.07 Å².